The molecule has 0 radical (unpaired) electrons. The van der Waals surface area contributed by atoms with Crippen molar-refractivity contribution in [3.8, 4) is 0 Å². The van der Waals surface area contributed by atoms with E-state index >= 15 is 0 Å². The van der Waals surface area contributed by atoms with Gasteiger partial charge in [-0.3, -0.25) is 0 Å². The largest absolute Gasteiger partial charge is 1.00 e. The van der Waals surface area contributed by atoms with Gasteiger partial charge >= 0.3 is 25.6 Å². The van der Waals surface area contributed by atoms with Crippen LogP contribution in [0.2, 0.25) is 0 Å². The first-order valence-corrected chi connectivity index (χ1v) is 3.44. The van der Waals surface area contributed by atoms with Crippen molar-refractivity contribution in [2.45, 2.75) is 0 Å². The summed E-state index contributed by atoms with van der Waals surface area (Å²) in [6, 6.07) is 0. The molecule has 7 heteroatoms. The minimum atomic E-state index is -3.81. The predicted octanol–water partition coefficient (Wildman–Crippen LogP) is -5.26. The van der Waals surface area contributed by atoms with Crippen LogP contribution < -0.4 is 18.9 Å². The molecule has 3 nitrogen and oxygen atoms in total. The molecule has 0 saturated carbocycles. The molecule has 0 unspecified atom stereocenters. The van der Waals surface area contributed by atoms with Crippen LogP contribution in [0.5, 0.6) is 0 Å². The molecule has 0 rings (SSSR count). The smallest absolute Gasteiger partial charge is 0.325 e. The molecule has 0 heterocycles. The van der Waals surface area contributed by atoms with Gasteiger partial charge < -0.3 is 14.7 Å². The van der Waals surface area contributed by atoms with Crippen LogP contribution in [0.3, 0.4) is 0 Å². The second-order valence-corrected chi connectivity index (χ2v) is 3.01. The standard InChI is InChI=1S/BH4.Li.H3O3PS/c;;1-4(2,3)5/h1H4;;(H3,1,2,3,5)/q-1;+1;. The Morgan fingerprint density at radius 3 is 1.14 bits per heavy atom. The fraction of sp³-hybridized carbons (Fsp3) is 0. The summed E-state index contributed by atoms with van der Waals surface area (Å²) in [7, 11) is 0. The Balaban J connectivity index is -0.0000000800. The zero-order valence-corrected chi connectivity index (χ0v) is 4.91. The van der Waals surface area contributed by atoms with Crippen molar-refractivity contribution in [2.24, 2.45) is 0 Å². The molecule has 0 bridgehead atoms. The van der Waals surface area contributed by atoms with Crippen LogP contribution >= 0.6 is 6.72 Å². The summed E-state index contributed by atoms with van der Waals surface area (Å²) in [6.07, 6.45) is 0. The van der Waals surface area contributed by atoms with Gasteiger partial charge in [0.25, 0.3) is 0 Å². The summed E-state index contributed by atoms with van der Waals surface area (Å²) < 4.78 is 0. The van der Waals surface area contributed by atoms with Crippen molar-refractivity contribution in [2.75, 3.05) is 0 Å². The third-order valence-electron chi connectivity index (χ3n) is 0. The maximum atomic E-state index is 7.56. The molecular formula is H7BLiO3PS. The molecule has 40 valence electrons. The van der Waals surface area contributed by atoms with E-state index < -0.39 is 6.72 Å². The third kappa shape index (κ3) is 136. The molecule has 0 aliphatic rings. The Morgan fingerprint density at radius 1 is 1.14 bits per heavy atom. The first kappa shape index (κ1) is 15.7. The molecule has 0 spiro atoms. The van der Waals surface area contributed by atoms with Gasteiger partial charge in [0.2, 0.25) is 0 Å². The SMILES string of the molecule is OP(O)(O)=S.[BH4-].[Li+]. The van der Waals surface area contributed by atoms with Crippen LogP contribution in [-0.2, 0) is 11.8 Å². The van der Waals surface area contributed by atoms with E-state index in [1.54, 1.807) is 0 Å². The van der Waals surface area contributed by atoms with Crippen molar-refractivity contribution in [1.82, 2.24) is 0 Å². The summed E-state index contributed by atoms with van der Waals surface area (Å²) in [4.78, 5) is 22.7. The molecule has 0 aromatic carbocycles. The summed E-state index contributed by atoms with van der Waals surface area (Å²) in [5.74, 6) is 0. The van der Waals surface area contributed by atoms with E-state index in [0.717, 1.165) is 0 Å². The molecule has 0 aliphatic carbocycles. The summed E-state index contributed by atoms with van der Waals surface area (Å²) in [6.45, 7) is -3.81. The van der Waals surface area contributed by atoms with Gasteiger partial charge in [-0.25, -0.2) is 0 Å². The second-order valence-electron chi connectivity index (χ2n) is 0.513. The van der Waals surface area contributed by atoms with Gasteiger partial charge in [0, 0.05) is 0 Å². The van der Waals surface area contributed by atoms with Gasteiger partial charge in [-0.2, -0.15) is 0 Å². The third-order valence-corrected chi connectivity index (χ3v) is 0. The molecule has 0 saturated heterocycles. The van der Waals surface area contributed by atoms with Crippen molar-refractivity contribution >= 4 is 26.9 Å². The van der Waals surface area contributed by atoms with Crippen LogP contribution in [0.25, 0.3) is 0 Å². The Morgan fingerprint density at radius 2 is 1.14 bits per heavy atom. The quantitative estimate of drug-likeness (QED) is 0.230. The first-order chi connectivity index (χ1) is 2.00. The van der Waals surface area contributed by atoms with E-state index in [1.807, 2.05) is 0 Å². The molecule has 0 amide bonds. The fourth-order valence-corrected chi connectivity index (χ4v) is 0. The zero-order chi connectivity index (χ0) is 4.50. The van der Waals surface area contributed by atoms with Crippen LogP contribution in [0.4, 0.5) is 0 Å². The molecule has 0 atom stereocenters. The van der Waals surface area contributed by atoms with Crippen molar-refractivity contribution in [3.63, 3.8) is 0 Å². The van der Waals surface area contributed by atoms with E-state index in [2.05, 4.69) is 11.8 Å². The second kappa shape index (κ2) is 5.33. The van der Waals surface area contributed by atoms with Crippen LogP contribution in [-0.4, -0.2) is 23.1 Å². The van der Waals surface area contributed by atoms with Crippen LogP contribution in [0, 0.1) is 0 Å². The average molecular weight is 136 g/mol. The Kier molecular flexibility index (Phi) is 12.0. The van der Waals surface area contributed by atoms with Crippen molar-refractivity contribution in [3.05, 3.63) is 0 Å². The van der Waals surface area contributed by atoms with Crippen LogP contribution in [0.1, 0.15) is 0 Å². The van der Waals surface area contributed by atoms with Gasteiger partial charge in [0.15, 0.2) is 0 Å². The van der Waals surface area contributed by atoms with Gasteiger partial charge in [-0.15, -0.1) is 0 Å². The zero-order valence-electron chi connectivity index (χ0n) is 3.20. The van der Waals surface area contributed by atoms with E-state index in [1.165, 1.54) is 0 Å². The molecule has 0 aliphatic heterocycles. The maximum Gasteiger partial charge on any atom is 1.00 e. The maximum absolute atomic E-state index is 7.56. The van der Waals surface area contributed by atoms with E-state index in [-0.39, 0.29) is 27.3 Å². The molecule has 0 aromatic heterocycles. The Labute approximate surface area is 60.8 Å². The van der Waals surface area contributed by atoms with Gasteiger partial charge in [0.1, 0.15) is 0 Å². The summed E-state index contributed by atoms with van der Waals surface area (Å²) in [5, 5.41) is 0. The predicted molar refractivity (Wildman–Crippen MR) is 32.3 cm³/mol. The number of hydrogen-bond donors (Lipinski definition) is 3. The van der Waals surface area contributed by atoms with Gasteiger partial charge in [-0.1, -0.05) is 8.41 Å². The van der Waals surface area contributed by atoms with E-state index in [0.29, 0.717) is 0 Å². The average Bonchev–Trinajstić information content (AvgIpc) is 0.722. The van der Waals surface area contributed by atoms with E-state index in [9.17, 15) is 0 Å². The van der Waals surface area contributed by atoms with Gasteiger partial charge in [-0.05, 0) is 11.8 Å². The Bertz CT molecular complexity index is 61.1. The summed E-state index contributed by atoms with van der Waals surface area (Å²) >= 11 is 3.60. The summed E-state index contributed by atoms with van der Waals surface area (Å²) in [5.41, 5.74) is 0. The molecular weight excluding hydrogens is 129 g/mol. The van der Waals surface area contributed by atoms with Crippen LogP contribution in [0.15, 0.2) is 0 Å². The number of hydrogen-bond acceptors (Lipinski definition) is 1. The van der Waals surface area contributed by atoms with Crippen molar-refractivity contribution < 1.29 is 33.5 Å². The normalized spacial score (nSPS) is 8.43. The van der Waals surface area contributed by atoms with Crippen molar-refractivity contribution in [1.29, 1.82) is 0 Å². The first-order valence-electron chi connectivity index (χ1n) is 0.783. The van der Waals surface area contributed by atoms with E-state index in [4.69, 9.17) is 14.7 Å². The topological polar surface area (TPSA) is 60.7 Å². The minimum Gasteiger partial charge on any atom is -0.325 e. The fourth-order valence-electron chi connectivity index (χ4n) is 0. The molecule has 7 heavy (non-hydrogen) atoms. The van der Waals surface area contributed by atoms with Gasteiger partial charge in [0.05, 0.1) is 0 Å². The monoisotopic (exact) mass is 136 g/mol. The minimum absolute atomic E-state index is 0. The number of rotatable bonds is 0. The Hall–Kier alpha value is 1.19. The molecule has 0 fully saturated rings. The molecule has 3 N–H and O–H groups in total. The molecule has 0 aromatic rings.